The molecule has 1 aliphatic rings. The van der Waals surface area contributed by atoms with E-state index in [0.29, 0.717) is 11.5 Å². The lowest BCUT2D eigenvalue weighted by atomic mass is 10.0. The zero-order valence-electron chi connectivity index (χ0n) is 14.3. The second kappa shape index (κ2) is 6.40. The fraction of sp³-hybridized carbons (Fsp3) is 0.278. The molecule has 1 heterocycles. The Bertz CT molecular complexity index is 919. The van der Waals surface area contributed by atoms with Crippen LogP contribution < -0.4 is 13.8 Å². The van der Waals surface area contributed by atoms with Crippen LogP contribution in [0.25, 0.3) is 0 Å². The van der Waals surface area contributed by atoms with Gasteiger partial charge in [0.15, 0.2) is 5.78 Å². The molecule has 0 N–H and O–H groups in total. The fourth-order valence-electron chi connectivity index (χ4n) is 2.87. The van der Waals surface area contributed by atoms with Crippen molar-refractivity contribution in [1.29, 1.82) is 0 Å². The van der Waals surface area contributed by atoms with Crippen LogP contribution in [0.5, 0.6) is 11.5 Å². The quantitative estimate of drug-likeness (QED) is 0.837. The SMILES string of the molecule is COc1cc(OC)c2c(c1)N(S(=O)(=O)c1ccc(C)cc1)CCC2=O. The van der Waals surface area contributed by atoms with Gasteiger partial charge in [0.2, 0.25) is 0 Å². The molecule has 6 nitrogen and oxygen atoms in total. The number of benzene rings is 2. The van der Waals surface area contributed by atoms with Gasteiger partial charge in [-0.05, 0) is 19.1 Å². The monoisotopic (exact) mass is 361 g/mol. The van der Waals surface area contributed by atoms with Gasteiger partial charge in [0.1, 0.15) is 11.5 Å². The third-order valence-corrected chi connectivity index (χ3v) is 6.04. The maximum absolute atomic E-state index is 13.1. The first kappa shape index (κ1) is 17.3. The van der Waals surface area contributed by atoms with E-state index < -0.39 is 10.0 Å². The maximum Gasteiger partial charge on any atom is 0.264 e. The average molecular weight is 361 g/mol. The normalized spacial score (nSPS) is 14.2. The second-order valence-corrected chi connectivity index (χ2v) is 7.65. The summed E-state index contributed by atoms with van der Waals surface area (Å²) >= 11 is 0. The Balaban J connectivity index is 2.19. The molecule has 0 unspecified atom stereocenters. The predicted octanol–water partition coefficient (Wildman–Crippen LogP) is 2.79. The molecular weight excluding hydrogens is 342 g/mol. The minimum absolute atomic E-state index is 0.0817. The molecule has 7 heteroatoms. The van der Waals surface area contributed by atoms with E-state index in [0.717, 1.165) is 5.56 Å². The Kier molecular flexibility index (Phi) is 4.43. The Morgan fingerprint density at radius 3 is 2.32 bits per heavy atom. The van der Waals surface area contributed by atoms with E-state index in [1.165, 1.54) is 18.5 Å². The van der Waals surface area contributed by atoms with Gasteiger partial charge in [-0.25, -0.2) is 8.42 Å². The van der Waals surface area contributed by atoms with Gasteiger partial charge >= 0.3 is 0 Å². The standard InChI is InChI=1S/C18H19NO5S/c1-12-4-6-14(7-5-12)25(21,22)19-9-8-16(20)18-15(19)10-13(23-2)11-17(18)24-3/h4-7,10-11H,8-9H2,1-3H3. The van der Waals surface area contributed by atoms with E-state index >= 15 is 0 Å². The minimum atomic E-state index is -3.80. The number of sulfonamides is 1. The molecule has 0 saturated heterocycles. The molecule has 2 aromatic rings. The zero-order chi connectivity index (χ0) is 18.2. The van der Waals surface area contributed by atoms with Gasteiger partial charge in [0, 0.05) is 25.1 Å². The summed E-state index contributed by atoms with van der Waals surface area (Å²) in [4.78, 5) is 12.6. The predicted molar refractivity (Wildman–Crippen MR) is 94.2 cm³/mol. The van der Waals surface area contributed by atoms with Crippen molar-refractivity contribution in [3.63, 3.8) is 0 Å². The smallest absolute Gasteiger partial charge is 0.264 e. The van der Waals surface area contributed by atoms with E-state index in [9.17, 15) is 13.2 Å². The van der Waals surface area contributed by atoms with Crippen LogP contribution in [0.1, 0.15) is 22.3 Å². The molecule has 1 aliphatic heterocycles. The average Bonchev–Trinajstić information content (AvgIpc) is 2.61. The molecule has 3 rings (SSSR count). The molecule has 0 aliphatic carbocycles. The number of hydrogen-bond donors (Lipinski definition) is 0. The number of anilines is 1. The summed E-state index contributed by atoms with van der Waals surface area (Å²) in [6.07, 6.45) is 0.0980. The summed E-state index contributed by atoms with van der Waals surface area (Å²) in [6.45, 7) is 1.97. The van der Waals surface area contributed by atoms with Gasteiger partial charge in [-0.1, -0.05) is 17.7 Å². The third kappa shape index (κ3) is 2.95. The molecule has 0 bridgehead atoms. The van der Waals surface area contributed by atoms with E-state index in [1.54, 1.807) is 36.4 Å². The van der Waals surface area contributed by atoms with Crippen molar-refractivity contribution in [1.82, 2.24) is 0 Å². The highest BCUT2D eigenvalue weighted by Crippen LogP contribution is 2.40. The minimum Gasteiger partial charge on any atom is -0.497 e. The Hall–Kier alpha value is -2.54. The summed E-state index contributed by atoms with van der Waals surface area (Å²) in [5.74, 6) is 0.586. The van der Waals surface area contributed by atoms with E-state index in [2.05, 4.69) is 0 Å². The van der Waals surface area contributed by atoms with Crippen molar-refractivity contribution in [3.05, 3.63) is 47.5 Å². The van der Waals surface area contributed by atoms with Gasteiger partial charge < -0.3 is 9.47 Å². The lowest BCUT2D eigenvalue weighted by Gasteiger charge is -2.31. The number of ketones is 1. The molecule has 132 valence electrons. The van der Waals surface area contributed by atoms with Crippen molar-refractivity contribution >= 4 is 21.5 Å². The number of nitrogens with zero attached hydrogens (tertiary/aromatic N) is 1. The van der Waals surface area contributed by atoms with Crippen LogP contribution in [0.4, 0.5) is 5.69 Å². The lowest BCUT2D eigenvalue weighted by Crippen LogP contribution is -2.37. The molecule has 0 spiro atoms. The number of hydrogen-bond acceptors (Lipinski definition) is 5. The van der Waals surface area contributed by atoms with Crippen LogP contribution in [0, 0.1) is 6.92 Å². The summed E-state index contributed by atoms with van der Waals surface area (Å²) in [6, 6.07) is 9.76. The van der Waals surface area contributed by atoms with Gasteiger partial charge in [0.25, 0.3) is 10.0 Å². The second-order valence-electron chi connectivity index (χ2n) is 5.79. The highest BCUT2D eigenvalue weighted by molar-refractivity contribution is 7.92. The molecule has 0 aromatic heterocycles. The summed E-state index contributed by atoms with van der Waals surface area (Å²) in [5, 5.41) is 0. The van der Waals surface area contributed by atoms with Crippen molar-refractivity contribution in [2.75, 3.05) is 25.1 Å². The topological polar surface area (TPSA) is 72.9 Å². The molecule has 0 saturated carbocycles. The summed E-state index contributed by atoms with van der Waals surface area (Å²) < 4.78 is 38.0. The molecule has 25 heavy (non-hydrogen) atoms. The first-order valence-corrected chi connectivity index (χ1v) is 9.21. The molecule has 2 aromatic carbocycles. The van der Waals surface area contributed by atoms with Crippen molar-refractivity contribution in [2.24, 2.45) is 0 Å². The van der Waals surface area contributed by atoms with Crippen LogP contribution in [-0.2, 0) is 10.0 Å². The van der Waals surface area contributed by atoms with E-state index in [1.807, 2.05) is 6.92 Å². The number of fused-ring (bicyclic) bond motifs is 1. The highest BCUT2D eigenvalue weighted by atomic mass is 32.2. The van der Waals surface area contributed by atoms with Crippen LogP contribution in [0.3, 0.4) is 0 Å². The van der Waals surface area contributed by atoms with Crippen LogP contribution >= 0.6 is 0 Å². The number of methoxy groups -OCH3 is 2. The van der Waals surface area contributed by atoms with E-state index in [4.69, 9.17) is 9.47 Å². The van der Waals surface area contributed by atoms with Gasteiger partial charge in [0.05, 0.1) is 30.4 Å². The number of carbonyl (C=O) groups excluding carboxylic acids is 1. The Labute approximate surface area is 147 Å². The molecular formula is C18H19NO5S. The number of ether oxygens (including phenoxy) is 2. The van der Waals surface area contributed by atoms with Crippen molar-refractivity contribution in [3.8, 4) is 11.5 Å². The largest absolute Gasteiger partial charge is 0.497 e. The van der Waals surface area contributed by atoms with Crippen molar-refractivity contribution in [2.45, 2.75) is 18.2 Å². The Morgan fingerprint density at radius 2 is 1.72 bits per heavy atom. The fourth-order valence-corrected chi connectivity index (χ4v) is 4.34. The number of carbonyl (C=O) groups is 1. The summed E-state index contributed by atoms with van der Waals surface area (Å²) in [5.41, 5.74) is 1.52. The Morgan fingerprint density at radius 1 is 1.04 bits per heavy atom. The lowest BCUT2D eigenvalue weighted by molar-refractivity contribution is 0.0979. The molecule has 0 atom stereocenters. The molecule has 0 radical (unpaired) electrons. The van der Waals surface area contributed by atoms with Gasteiger partial charge in [-0.15, -0.1) is 0 Å². The summed E-state index contributed by atoms with van der Waals surface area (Å²) in [7, 11) is -0.879. The molecule has 0 amide bonds. The first-order valence-electron chi connectivity index (χ1n) is 7.77. The third-order valence-electron chi connectivity index (χ3n) is 4.21. The molecule has 0 fully saturated rings. The number of rotatable bonds is 4. The van der Waals surface area contributed by atoms with Crippen molar-refractivity contribution < 1.29 is 22.7 Å². The van der Waals surface area contributed by atoms with Crippen LogP contribution in [0.15, 0.2) is 41.3 Å². The van der Waals surface area contributed by atoms with E-state index in [-0.39, 0.29) is 34.9 Å². The highest BCUT2D eigenvalue weighted by Gasteiger charge is 2.35. The maximum atomic E-state index is 13.1. The zero-order valence-corrected chi connectivity index (χ0v) is 15.1. The number of aryl methyl sites for hydroxylation is 1. The first-order chi connectivity index (χ1) is 11.9. The van der Waals surface area contributed by atoms with Gasteiger partial charge in [-0.2, -0.15) is 0 Å². The van der Waals surface area contributed by atoms with Gasteiger partial charge in [-0.3, -0.25) is 9.10 Å². The number of Topliss-reactive ketones (excluding diaryl/α,β-unsaturated/α-hetero) is 1. The van der Waals surface area contributed by atoms with Crippen LogP contribution in [-0.4, -0.2) is 35.0 Å². The van der Waals surface area contributed by atoms with Crippen LogP contribution in [0.2, 0.25) is 0 Å².